The fourth-order valence-electron chi connectivity index (χ4n) is 5.21. The number of piperidine rings is 1. The predicted octanol–water partition coefficient (Wildman–Crippen LogP) is 1.19. The first-order valence-electron chi connectivity index (χ1n) is 12.3. The zero-order chi connectivity index (χ0) is 25.2. The van der Waals surface area contributed by atoms with E-state index in [2.05, 4.69) is 27.0 Å². The van der Waals surface area contributed by atoms with Crippen LogP contribution in [0, 0.1) is 5.92 Å². The second kappa shape index (κ2) is 10.00. The summed E-state index contributed by atoms with van der Waals surface area (Å²) in [4.78, 5) is 41.9. The van der Waals surface area contributed by atoms with Gasteiger partial charge in [0.05, 0.1) is 25.2 Å². The number of carbonyl (C=O) groups excluding carboxylic acids is 3. The normalized spacial score (nSPS) is 22.5. The summed E-state index contributed by atoms with van der Waals surface area (Å²) >= 11 is 0. The molecule has 3 aliphatic rings. The van der Waals surface area contributed by atoms with Gasteiger partial charge in [-0.1, -0.05) is 11.3 Å². The molecule has 190 valence electrons. The van der Waals surface area contributed by atoms with Crippen molar-refractivity contribution in [2.24, 2.45) is 13.0 Å². The second-order valence-corrected chi connectivity index (χ2v) is 9.46. The molecular weight excluding hydrogens is 462 g/mol. The Morgan fingerprint density at radius 2 is 2.00 bits per heavy atom. The van der Waals surface area contributed by atoms with Crippen LogP contribution in [0.25, 0.3) is 11.0 Å². The van der Waals surface area contributed by atoms with Crippen molar-refractivity contribution in [2.75, 3.05) is 33.3 Å². The highest BCUT2D eigenvalue weighted by molar-refractivity contribution is 5.98. The van der Waals surface area contributed by atoms with Gasteiger partial charge >= 0.3 is 6.03 Å². The first-order valence-corrected chi connectivity index (χ1v) is 12.3. The Balaban J connectivity index is 1.11. The first kappa shape index (κ1) is 23.8. The van der Waals surface area contributed by atoms with E-state index in [4.69, 9.17) is 4.74 Å². The van der Waals surface area contributed by atoms with Crippen LogP contribution in [0.4, 0.5) is 4.79 Å². The summed E-state index contributed by atoms with van der Waals surface area (Å²) in [6, 6.07) is 5.14. The van der Waals surface area contributed by atoms with Crippen molar-refractivity contribution < 1.29 is 19.1 Å². The number of urea groups is 1. The Morgan fingerprint density at radius 3 is 2.78 bits per heavy atom. The largest absolute Gasteiger partial charge is 0.497 e. The highest BCUT2D eigenvalue weighted by Gasteiger charge is 2.35. The van der Waals surface area contributed by atoms with Crippen molar-refractivity contribution in [2.45, 2.75) is 31.3 Å². The number of hydrogen-bond donors (Lipinski definition) is 2. The Labute approximate surface area is 209 Å². The standard InChI is InChI=1S/C25H31N7O4/c1-30-22-6-3-17(14-21(22)28-29-30)24(34)26-15-23(33)31-10-8-18(9-11-31)32-12-7-16-13-19(36-2)4-5-20(16)27-25(32)35/h3-6,13-14,16,18,20H,7-12,15H2,1-2H3,(H,26,34)(H,27,35). The molecule has 1 aliphatic carbocycles. The van der Waals surface area contributed by atoms with Gasteiger partial charge in [-0.05, 0) is 49.6 Å². The molecule has 2 atom stereocenters. The van der Waals surface area contributed by atoms with E-state index < -0.39 is 0 Å². The highest BCUT2D eigenvalue weighted by Crippen LogP contribution is 2.26. The number of nitrogens with zero attached hydrogens (tertiary/aromatic N) is 5. The van der Waals surface area contributed by atoms with Crippen molar-refractivity contribution in [3.8, 4) is 0 Å². The monoisotopic (exact) mass is 493 g/mol. The highest BCUT2D eigenvalue weighted by atomic mass is 16.5. The van der Waals surface area contributed by atoms with E-state index in [1.54, 1.807) is 41.9 Å². The molecule has 0 spiro atoms. The van der Waals surface area contributed by atoms with Gasteiger partial charge in [-0.3, -0.25) is 9.59 Å². The molecule has 1 aromatic carbocycles. The molecule has 1 aromatic heterocycles. The van der Waals surface area contributed by atoms with Crippen molar-refractivity contribution in [3.63, 3.8) is 0 Å². The number of nitrogens with one attached hydrogen (secondary N) is 2. The summed E-state index contributed by atoms with van der Waals surface area (Å²) in [5.41, 5.74) is 1.89. The summed E-state index contributed by atoms with van der Waals surface area (Å²) in [7, 11) is 3.44. The van der Waals surface area contributed by atoms with Crippen LogP contribution in [0.15, 0.2) is 42.2 Å². The van der Waals surface area contributed by atoms with Crippen LogP contribution in [-0.2, 0) is 16.6 Å². The number of methoxy groups -OCH3 is 1. The number of aromatic nitrogens is 3. The SMILES string of the molecule is COC1=CC2CCN(C3CCN(C(=O)CNC(=O)c4ccc5c(c4)nnn5C)CC3)C(=O)NC2C=C1. The lowest BCUT2D eigenvalue weighted by molar-refractivity contribution is -0.131. The van der Waals surface area contributed by atoms with Gasteiger partial charge in [0, 0.05) is 44.2 Å². The third-order valence-electron chi connectivity index (χ3n) is 7.33. The summed E-state index contributed by atoms with van der Waals surface area (Å²) in [6.07, 6.45) is 8.24. The van der Waals surface area contributed by atoms with Gasteiger partial charge in [-0.15, -0.1) is 5.10 Å². The van der Waals surface area contributed by atoms with Crippen LogP contribution in [0.5, 0.6) is 0 Å². The average Bonchev–Trinajstić information content (AvgIpc) is 3.18. The number of hydrogen-bond acceptors (Lipinski definition) is 6. The molecule has 0 bridgehead atoms. The van der Waals surface area contributed by atoms with Crippen molar-refractivity contribution in [3.05, 3.63) is 47.7 Å². The molecule has 11 heteroatoms. The number of aryl methyl sites for hydroxylation is 1. The molecule has 5 rings (SSSR count). The molecule has 3 heterocycles. The third-order valence-corrected chi connectivity index (χ3v) is 7.33. The van der Waals surface area contributed by atoms with Gasteiger partial charge in [0.2, 0.25) is 5.91 Å². The molecule has 2 N–H and O–H groups in total. The predicted molar refractivity (Wildman–Crippen MR) is 132 cm³/mol. The summed E-state index contributed by atoms with van der Waals surface area (Å²) < 4.78 is 6.98. The van der Waals surface area contributed by atoms with E-state index in [9.17, 15) is 14.4 Å². The van der Waals surface area contributed by atoms with E-state index in [1.165, 1.54) is 0 Å². The number of fused-ring (bicyclic) bond motifs is 2. The Bertz CT molecular complexity index is 1230. The van der Waals surface area contributed by atoms with Gasteiger partial charge in [0.15, 0.2) is 0 Å². The fourth-order valence-corrected chi connectivity index (χ4v) is 5.21. The lowest BCUT2D eigenvalue weighted by Gasteiger charge is -2.38. The van der Waals surface area contributed by atoms with Gasteiger partial charge in [0.25, 0.3) is 5.91 Å². The number of benzene rings is 1. The lowest BCUT2D eigenvalue weighted by atomic mass is 9.91. The number of ether oxygens (including phenoxy) is 1. The number of carbonyl (C=O) groups is 3. The van der Waals surface area contributed by atoms with Gasteiger partial charge in [-0.2, -0.15) is 0 Å². The van der Waals surface area contributed by atoms with Crippen LogP contribution >= 0.6 is 0 Å². The zero-order valence-electron chi connectivity index (χ0n) is 20.5. The minimum Gasteiger partial charge on any atom is -0.497 e. The van der Waals surface area contributed by atoms with Crippen LogP contribution in [0.3, 0.4) is 0 Å². The van der Waals surface area contributed by atoms with Gasteiger partial charge in [-0.25, -0.2) is 9.48 Å². The molecule has 2 saturated heterocycles. The maximum absolute atomic E-state index is 12.9. The number of rotatable bonds is 5. The molecular formula is C25H31N7O4. The van der Waals surface area contributed by atoms with E-state index in [0.717, 1.165) is 17.7 Å². The van der Waals surface area contributed by atoms with Crippen LogP contribution < -0.4 is 10.6 Å². The van der Waals surface area contributed by atoms with E-state index in [-0.39, 0.29) is 42.4 Å². The van der Waals surface area contributed by atoms with Crippen LogP contribution in [-0.4, -0.2) is 88.0 Å². The molecule has 11 nitrogen and oxygen atoms in total. The third kappa shape index (κ3) is 4.77. The summed E-state index contributed by atoms with van der Waals surface area (Å²) in [5.74, 6) is 0.579. The lowest BCUT2D eigenvalue weighted by Crippen LogP contribution is -2.53. The second-order valence-electron chi connectivity index (χ2n) is 9.46. The molecule has 2 unspecified atom stereocenters. The van der Waals surface area contributed by atoms with E-state index >= 15 is 0 Å². The van der Waals surface area contributed by atoms with Crippen molar-refractivity contribution >= 4 is 28.9 Å². The topological polar surface area (TPSA) is 122 Å². The maximum atomic E-state index is 12.9. The minimum absolute atomic E-state index is 0.0266. The zero-order valence-corrected chi connectivity index (χ0v) is 20.5. The molecule has 2 aliphatic heterocycles. The fraction of sp³-hybridized carbons (Fsp3) is 0.480. The summed E-state index contributed by atoms with van der Waals surface area (Å²) in [6.45, 7) is 1.69. The molecule has 0 radical (unpaired) electrons. The smallest absolute Gasteiger partial charge is 0.318 e. The Morgan fingerprint density at radius 1 is 1.19 bits per heavy atom. The van der Waals surface area contributed by atoms with Crippen LogP contribution in [0.1, 0.15) is 29.6 Å². The van der Waals surface area contributed by atoms with Gasteiger partial charge < -0.3 is 25.2 Å². The molecule has 0 saturated carbocycles. The number of likely N-dealkylation sites (tertiary alicyclic amines) is 1. The number of allylic oxidation sites excluding steroid dienone is 1. The Hall–Kier alpha value is -3.89. The molecule has 4 amide bonds. The van der Waals surface area contributed by atoms with Crippen molar-refractivity contribution in [1.82, 2.24) is 35.4 Å². The maximum Gasteiger partial charge on any atom is 0.318 e. The van der Waals surface area contributed by atoms with E-state index in [0.29, 0.717) is 43.6 Å². The molecule has 2 fully saturated rings. The van der Waals surface area contributed by atoms with Gasteiger partial charge in [0.1, 0.15) is 11.3 Å². The van der Waals surface area contributed by atoms with Crippen LogP contribution in [0.2, 0.25) is 0 Å². The quantitative estimate of drug-likeness (QED) is 0.645. The van der Waals surface area contributed by atoms with Crippen molar-refractivity contribution in [1.29, 1.82) is 0 Å². The minimum atomic E-state index is -0.326. The molecule has 36 heavy (non-hydrogen) atoms. The van der Waals surface area contributed by atoms with E-state index in [1.807, 2.05) is 17.1 Å². The molecule has 2 aromatic rings. The Kier molecular flexibility index (Phi) is 6.62. The average molecular weight is 494 g/mol. The number of amides is 4. The summed E-state index contributed by atoms with van der Waals surface area (Å²) in [5, 5.41) is 13.8. The first-order chi connectivity index (χ1) is 17.4.